The van der Waals surface area contributed by atoms with Gasteiger partial charge in [-0.05, 0) is 38.8 Å². The Hall–Kier alpha value is -0.850. The summed E-state index contributed by atoms with van der Waals surface area (Å²) in [5.41, 5.74) is 0.302. The Balaban J connectivity index is 2.02. The molecular formula is C13H18N2S. The van der Waals surface area contributed by atoms with Crippen molar-refractivity contribution in [1.82, 2.24) is 5.32 Å². The van der Waals surface area contributed by atoms with Crippen LogP contribution in [0, 0.1) is 11.3 Å². The molecule has 0 aliphatic heterocycles. The highest BCUT2D eigenvalue weighted by Crippen LogP contribution is 2.32. The smallest absolute Gasteiger partial charge is 0.110 e. The second-order valence-corrected chi connectivity index (χ2v) is 6.06. The third-order valence-corrected chi connectivity index (χ3v) is 4.61. The predicted octanol–water partition coefficient (Wildman–Crippen LogP) is 3.60. The van der Waals surface area contributed by atoms with Gasteiger partial charge in [-0.2, -0.15) is 5.26 Å². The minimum Gasteiger partial charge on any atom is -0.304 e. The molecule has 16 heavy (non-hydrogen) atoms. The van der Waals surface area contributed by atoms with Crippen LogP contribution in [0.4, 0.5) is 0 Å². The topological polar surface area (TPSA) is 35.8 Å². The van der Waals surface area contributed by atoms with Gasteiger partial charge >= 0.3 is 0 Å². The fourth-order valence-electron chi connectivity index (χ4n) is 2.54. The summed E-state index contributed by atoms with van der Waals surface area (Å²) in [5.74, 6) is 0. The Labute approximate surface area is 101 Å². The van der Waals surface area contributed by atoms with Gasteiger partial charge in [-0.3, -0.25) is 0 Å². The van der Waals surface area contributed by atoms with E-state index in [1.165, 1.54) is 30.6 Å². The second kappa shape index (κ2) is 4.57. The van der Waals surface area contributed by atoms with E-state index in [1.54, 1.807) is 11.3 Å². The number of nitrogens with zero attached hydrogens (tertiary/aromatic N) is 1. The number of rotatable bonds is 3. The molecule has 1 aromatic rings. The van der Waals surface area contributed by atoms with Gasteiger partial charge in [0.25, 0.3) is 0 Å². The van der Waals surface area contributed by atoms with Crippen LogP contribution < -0.4 is 5.32 Å². The lowest BCUT2D eigenvalue weighted by atomic mass is 9.99. The van der Waals surface area contributed by atoms with Crippen molar-refractivity contribution < 1.29 is 0 Å². The van der Waals surface area contributed by atoms with Crippen molar-refractivity contribution in [3.8, 4) is 6.07 Å². The number of nitrogens with one attached hydrogen (secondary N) is 1. The summed E-state index contributed by atoms with van der Waals surface area (Å²) in [4.78, 5) is 2.07. The number of hydrogen-bond acceptors (Lipinski definition) is 3. The van der Waals surface area contributed by atoms with Crippen LogP contribution in [0.1, 0.15) is 55.3 Å². The largest absolute Gasteiger partial charge is 0.304 e. The Bertz CT molecular complexity index is 396. The molecule has 3 heteroatoms. The fourth-order valence-corrected chi connectivity index (χ4v) is 3.35. The van der Waals surface area contributed by atoms with E-state index < -0.39 is 0 Å². The van der Waals surface area contributed by atoms with E-state index in [4.69, 9.17) is 5.26 Å². The molecule has 86 valence electrons. The third kappa shape index (κ3) is 2.45. The van der Waals surface area contributed by atoms with Crippen LogP contribution in [-0.2, 0) is 0 Å². The molecule has 1 fully saturated rings. The van der Waals surface area contributed by atoms with Crippen molar-refractivity contribution >= 4 is 11.3 Å². The molecule has 1 aliphatic carbocycles. The van der Waals surface area contributed by atoms with Crippen molar-refractivity contribution in [2.24, 2.45) is 0 Å². The highest BCUT2D eigenvalue weighted by molar-refractivity contribution is 7.12. The molecule has 2 rings (SSSR count). The molecule has 0 spiro atoms. The van der Waals surface area contributed by atoms with E-state index >= 15 is 0 Å². The SMILES string of the molecule is CC(NC1(C)CCCC1)c1ccc(C#N)s1. The Morgan fingerprint density at radius 3 is 2.69 bits per heavy atom. The van der Waals surface area contributed by atoms with Crippen LogP contribution in [0.2, 0.25) is 0 Å². The maximum Gasteiger partial charge on any atom is 0.110 e. The quantitative estimate of drug-likeness (QED) is 0.867. The summed E-state index contributed by atoms with van der Waals surface area (Å²) in [7, 11) is 0. The summed E-state index contributed by atoms with van der Waals surface area (Å²) in [5, 5.41) is 12.5. The van der Waals surface area contributed by atoms with Gasteiger partial charge in [0.05, 0.1) is 0 Å². The first-order valence-electron chi connectivity index (χ1n) is 5.90. The molecule has 1 aliphatic rings. The van der Waals surface area contributed by atoms with Crippen LogP contribution in [0.3, 0.4) is 0 Å². The molecule has 2 nitrogen and oxygen atoms in total. The Kier molecular flexibility index (Phi) is 3.32. The highest BCUT2D eigenvalue weighted by atomic mass is 32.1. The van der Waals surface area contributed by atoms with Gasteiger partial charge < -0.3 is 5.32 Å². The summed E-state index contributed by atoms with van der Waals surface area (Å²) in [6, 6.07) is 6.53. The molecule has 1 unspecified atom stereocenters. The lowest BCUT2D eigenvalue weighted by molar-refractivity contribution is 0.329. The first kappa shape index (κ1) is 11.6. The molecular weight excluding hydrogens is 216 g/mol. The monoisotopic (exact) mass is 234 g/mol. The molecule has 1 atom stereocenters. The molecule has 1 saturated carbocycles. The Morgan fingerprint density at radius 2 is 2.12 bits per heavy atom. The van der Waals surface area contributed by atoms with Gasteiger partial charge in [-0.15, -0.1) is 11.3 Å². The molecule has 0 aromatic carbocycles. The van der Waals surface area contributed by atoms with E-state index in [-0.39, 0.29) is 0 Å². The van der Waals surface area contributed by atoms with E-state index in [0.717, 1.165) is 4.88 Å². The minimum absolute atomic E-state index is 0.302. The zero-order chi connectivity index (χ0) is 11.6. The second-order valence-electron chi connectivity index (χ2n) is 4.95. The standard InChI is InChI=1S/C13H18N2S/c1-10(12-6-5-11(9-14)16-12)15-13(2)7-3-4-8-13/h5-6,10,15H,3-4,7-8H2,1-2H3. The van der Waals surface area contributed by atoms with Crippen LogP contribution in [0.15, 0.2) is 12.1 Å². The maximum absolute atomic E-state index is 8.81. The van der Waals surface area contributed by atoms with Crippen molar-refractivity contribution in [1.29, 1.82) is 5.26 Å². The molecule has 0 saturated heterocycles. The van der Waals surface area contributed by atoms with E-state index in [2.05, 4.69) is 31.3 Å². The van der Waals surface area contributed by atoms with E-state index in [9.17, 15) is 0 Å². The van der Waals surface area contributed by atoms with Crippen LogP contribution >= 0.6 is 11.3 Å². The van der Waals surface area contributed by atoms with E-state index in [0.29, 0.717) is 11.6 Å². The fraction of sp³-hybridized carbons (Fsp3) is 0.615. The molecule has 0 amide bonds. The average molecular weight is 234 g/mol. The van der Waals surface area contributed by atoms with Gasteiger partial charge in [0.2, 0.25) is 0 Å². The molecule has 0 radical (unpaired) electrons. The normalized spacial score (nSPS) is 20.6. The summed E-state index contributed by atoms with van der Waals surface area (Å²) in [6.45, 7) is 4.51. The van der Waals surface area contributed by atoms with Gasteiger partial charge in [0, 0.05) is 16.5 Å². The summed E-state index contributed by atoms with van der Waals surface area (Å²) in [6.07, 6.45) is 5.22. The first-order valence-corrected chi connectivity index (χ1v) is 6.72. The minimum atomic E-state index is 0.302. The van der Waals surface area contributed by atoms with Crippen LogP contribution in [0.5, 0.6) is 0 Å². The van der Waals surface area contributed by atoms with Gasteiger partial charge in [-0.1, -0.05) is 12.8 Å². The van der Waals surface area contributed by atoms with Gasteiger partial charge in [0.1, 0.15) is 10.9 Å². The van der Waals surface area contributed by atoms with Crippen LogP contribution in [0.25, 0.3) is 0 Å². The highest BCUT2D eigenvalue weighted by Gasteiger charge is 2.30. The van der Waals surface area contributed by atoms with Gasteiger partial charge in [-0.25, -0.2) is 0 Å². The van der Waals surface area contributed by atoms with Crippen molar-refractivity contribution in [3.05, 3.63) is 21.9 Å². The molecule has 1 N–H and O–H groups in total. The van der Waals surface area contributed by atoms with Gasteiger partial charge in [0.15, 0.2) is 0 Å². The molecule has 1 aromatic heterocycles. The van der Waals surface area contributed by atoms with Crippen molar-refractivity contribution in [2.75, 3.05) is 0 Å². The lowest BCUT2D eigenvalue weighted by Gasteiger charge is -2.29. The van der Waals surface area contributed by atoms with Crippen LogP contribution in [-0.4, -0.2) is 5.54 Å². The maximum atomic E-state index is 8.81. The molecule has 1 heterocycles. The lowest BCUT2D eigenvalue weighted by Crippen LogP contribution is -2.40. The third-order valence-electron chi connectivity index (χ3n) is 3.44. The predicted molar refractivity (Wildman–Crippen MR) is 67.5 cm³/mol. The number of nitriles is 1. The van der Waals surface area contributed by atoms with Crippen molar-refractivity contribution in [2.45, 2.75) is 51.1 Å². The summed E-state index contributed by atoms with van der Waals surface area (Å²) >= 11 is 1.60. The van der Waals surface area contributed by atoms with E-state index in [1.807, 2.05) is 6.07 Å². The first-order chi connectivity index (χ1) is 7.63. The molecule has 0 bridgehead atoms. The number of thiophene rings is 1. The summed E-state index contributed by atoms with van der Waals surface area (Å²) < 4.78 is 0. The zero-order valence-electron chi connectivity index (χ0n) is 9.92. The zero-order valence-corrected chi connectivity index (χ0v) is 10.7. The Morgan fingerprint density at radius 1 is 1.44 bits per heavy atom. The average Bonchev–Trinajstić information content (AvgIpc) is 2.86. The number of hydrogen-bond donors (Lipinski definition) is 1. The van der Waals surface area contributed by atoms with Crippen molar-refractivity contribution in [3.63, 3.8) is 0 Å².